The molecule has 1 unspecified atom stereocenters. The molecule has 3 N–H and O–H groups in total. The van der Waals surface area contributed by atoms with Gasteiger partial charge in [0.15, 0.2) is 0 Å². The van der Waals surface area contributed by atoms with Crippen molar-refractivity contribution in [1.82, 2.24) is 10.6 Å². The van der Waals surface area contributed by atoms with Crippen LogP contribution in [0.2, 0.25) is 0 Å². The monoisotopic (exact) mass is 254 g/mol. The fourth-order valence-corrected chi connectivity index (χ4v) is 1.45. The summed E-state index contributed by atoms with van der Waals surface area (Å²) in [5, 5.41) is 13.9. The molecule has 0 saturated heterocycles. The third-order valence-electron chi connectivity index (χ3n) is 2.44. The first-order valence-electron chi connectivity index (χ1n) is 5.72. The van der Waals surface area contributed by atoms with Gasteiger partial charge in [-0.1, -0.05) is 13.8 Å². The Hall–Kier alpha value is -1.98. The van der Waals surface area contributed by atoms with E-state index in [4.69, 9.17) is 9.52 Å². The van der Waals surface area contributed by atoms with Gasteiger partial charge in [-0.2, -0.15) is 0 Å². The highest BCUT2D eigenvalue weighted by atomic mass is 16.4. The topological polar surface area (TPSA) is 91.6 Å². The van der Waals surface area contributed by atoms with Crippen LogP contribution in [0.15, 0.2) is 16.5 Å². The molecule has 0 aliphatic heterocycles. The molecule has 0 aliphatic carbocycles. The smallest absolute Gasteiger partial charge is 0.326 e. The molecule has 6 nitrogen and oxygen atoms in total. The van der Waals surface area contributed by atoms with Crippen LogP contribution in [0.25, 0.3) is 0 Å². The van der Waals surface area contributed by atoms with E-state index < -0.39 is 18.0 Å². The Balaban J connectivity index is 2.43. The summed E-state index contributed by atoms with van der Waals surface area (Å²) < 4.78 is 5.27. The van der Waals surface area contributed by atoms with Crippen LogP contribution in [0, 0.1) is 12.8 Å². The molecule has 1 atom stereocenters. The van der Waals surface area contributed by atoms with Crippen molar-refractivity contribution < 1.29 is 19.1 Å². The van der Waals surface area contributed by atoms with Crippen molar-refractivity contribution in [3.8, 4) is 0 Å². The lowest BCUT2D eigenvalue weighted by Gasteiger charge is -2.17. The number of carbonyl (C=O) groups is 2. The van der Waals surface area contributed by atoms with E-state index >= 15 is 0 Å². The predicted molar refractivity (Wildman–Crippen MR) is 65.1 cm³/mol. The van der Waals surface area contributed by atoms with Gasteiger partial charge < -0.3 is 20.2 Å². The molecule has 0 bridgehead atoms. The molecule has 100 valence electrons. The van der Waals surface area contributed by atoms with E-state index in [9.17, 15) is 9.59 Å². The molecule has 0 fully saturated rings. The van der Waals surface area contributed by atoms with Gasteiger partial charge in [0.05, 0.1) is 6.54 Å². The van der Waals surface area contributed by atoms with Crippen molar-refractivity contribution in [3.05, 3.63) is 23.7 Å². The highest BCUT2D eigenvalue weighted by Crippen LogP contribution is 2.05. The number of nitrogens with one attached hydrogen (secondary N) is 2. The van der Waals surface area contributed by atoms with Crippen LogP contribution in [0.5, 0.6) is 0 Å². The number of carboxylic acids is 1. The van der Waals surface area contributed by atoms with E-state index in [1.807, 2.05) is 6.92 Å². The van der Waals surface area contributed by atoms with Crippen LogP contribution in [0.4, 0.5) is 4.79 Å². The van der Waals surface area contributed by atoms with Gasteiger partial charge in [0.2, 0.25) is 0 Å². The molecule has 1 aromatic rings. The minimum Gasteiger partial charge on any atom is -0.480 e. The van der Waals surface area contributed by atoms with E-state index in [1.165, 1.54) is 0 Å². The first-order valence-corrected chi connectivity index (χ1v) is 5.72. The molecule has 1 heterocycles. The summed E-state index contributed by atoms with van der Waals surface area (Å²) >= 11 is 0. The number of hydrogen-bond acceptors (Lipinski definition) is 3. The Bertz CT molecular complexity index is 425. The quantitative estimate of drug-likeness (QED) is 0.742. The first-order chi connectivity index (χ1) is 8.40. The van der Waals surface area contributed by atoms with E-state index in [1.54, 1.807) is 26.0 Å². The number of rotatable bonds is 5. The normalized spacial score (nSPS) is 12.2. The lowest BCUT2D eigenvalue weighted by Crippen LogP contribution is -2.48. The van der Waals surface area contributed by atoms with Gasteiger partial charge in [0, 0.05) is 0 Å². The van der Waals surface area contributed by atoms with Gasteiger partial charge in [0.25, 0.3) is 0 Å². The van der Waals surface area contributed by atoms with Crippen LogP contribution in [-0.2, 0) is 11.3 Å². The molecule has 1 aromatic heterocycles. The average Bonchev–Trinajstić information content (AvgIpc) is 2.68. The fourth-order valence-electron chi connectivity index (χ4n) is 1.45. The van der Waals surface area contributed by atoms with E-state index in [0.717, 1.165) is 5.76 Å². The molecule has 1 rings (SSSR count). The molecule has 6 heteroatoms. The number of furan rings is 1. The third-order valence-corrected chi connectivity index (χ3v) is 2.44. The molecule has 0 spiro atoms. The summed E-state index contributed by atoms with van der Waals surface area (Å²) in [6.45, 7) is 5.50. The maximum absolute atomic E-state index is 11.5. The Morgan fingerprint density at radius 3 is 2.50 bits per heavy atom. The number of amides is 2. The van der Waals surface area contributed by atoms with E-state index in [0.29, 0.717) is 5.76 Å². The standard InChI is InChI=1S/C12H18N2O4/c1-7(2)10(11(15)16)14-12(17)13-6-9-5-4-8(3)18-9/h4-5,7,10H,6H2,1-3H3,(H,15,16)(H2,13,14,17). The van der Waals surface area contributed by atoms with E-state index in [-0.39, 0.29) is 12.5 Å². The number of carbonyl (C=O) groups excluding carboxylic acids is 1. The second-order valence-corrected chi connectivity index (χ2v) is 4.40. The Kier molecular flexibility index (Phi) is 4.76. The zero-order chi connectivity index (χ0) is 13.7. The number of carboxylic acid groups (broad SMARTS) is 1. The fraction of sp³-hybridized carbons (Fsp3) is 0.500. The van der Waals surface area contributed by atoms with Crippen LogP contribution in [0.1, 0.15) is 25.4 Å². The molecular formula is C12H18N2O4. The van der Waals surface area contributed by atoms with Gasteiger partial charge in [0.1, 0.15) is 17.6 Å². The van der Waals surface area contributed by atoms with Gasteiger partial charge in [-0.15, -0.1) is 0 Å². The molecule has 2 amide bonds. The van der Waals surface area contributed by atoms with Crippen LogP contribution >= 0.6 is 0 Å². The lowest BCUT2D eigenvalue weighted by molar-refractivity contribution is -0.140. The minimum absolute atomic E-state index is 0.181. The summed E-state index contributed by atoms with van der Waals surface area (Å²) in [4.78, 5) is 22.4. The highest BCUT2D eigenvalue weighted by molar-refractivity contribution is 5.82. The number of hydrogen-bond donors (Lipinski definition) is 3. The number of aryl methyl sites for hydroxylation is 1. The SMILES string of the molecule is Cc1ccc(CNC(=O)NC(C(=O)O)C(C)C)o1. The Morgan fingerprint density at radius 2 is 2.06 bits per heavy atom. The second kappa shape index (κ2) is 6.09. The van der Waals surface area contributed by atoms with Crippen molar-refractivity contribution in [2.45, 2.75) is 33.4 Å². The predicted octanol–water partition coefficient (Wildman–Crippen LogP) is 1.50. The Labute approximate surface area is 105 Å². The largest absolute Gasteiger partial charge is 0.480 e. The lowest BCUT2D eigenvalue weighted by atomic mass is 10.1. The summed E-state index contributed by atoms with van der Waals surface area (Å²) in [6, 6.07) is 2.13. The Morgan fingerprint density at radius 1 is 1.39 bits per heavy atom. The maximum Gasteiger partial charge on any atom is 0.326 e. The zero-order valence-electron chi connectivity index (χ0n) is 10.7. The highest BCUT2D eigenvalue weighted by Gasteiger charge is 2.23. The summed E-state index contributed by atoms with van der Waals surface area (Å²) in [7, 11) is 0. The molecule has 18 heavy (non-hydrogen) atoms. The molecule has 0 saturated carbocycles. The molecule has 0 radical (unpaired) electrons. The van der Waals surface area contributed by atoms with Gasteiger partial charge in [-0.25, -0.2) is 9.59 Å². The first kappa shape index (κ1) is 14.1. The van der Waals surface area contributed by atoms with Crippen molar-refractivity contribution in [1.29, 1.82) is 0 Å². The summed E-state index contributed by atoms with van der Waals surface area (Å²) in [5.74, 6) is 0.157. The van der Waals surface area contributed by atoms with Gasteiger partial charge in [-0.3, -0.25) is 0 Å². The average molecular weight is 254 g/mol. The molecular weight excluding hydrogens is 236 g/mol. The van der Waals surface area contributed by atoms with Crippen molar-refractivity contribution >= 4 is 12.0 Å². The third kappa shape index (κ3) is 4.12. The minimum atomic E-state index is -1.05. The maximum atomic E-state index is 11.5. The van der Waals surface area contributed by atoms with Gasteiger partial charge >= 0.3 is 12.0 Å². The number of aliphatic carboxylic acids is 1. The zero-order valence-corrected chi connectivity index (χ0v) is 10.7. The second-order valence-electron chi connectivity index (χ2n) is 4.40. The van der Waals surface area contributed by atoms with Crippen LogP contribution in [0.3, 0.4) is 0 Å². The van der Waals surface area contributed by atoms with Crippen molar-refractivity contribution in [2.24, 2.45) is 5.92 Å². The van der Waals surface area contributed by atoms with Gasteiger partial charge in [-0.05, 0) is 25.0 Å². The van der Waals surface area contributed by atoms with Crippen LogP contribution < -0.4 is 10.6 Å². The van der Waals surface area contributed by atoms with E-state index in [2.05, 4.69) is 10.6 Å². The van der Waals surface area contributed by atoms with Crippen LogP contribution in [-0.4, -0.2) is 23.1 Å². The van der Waals surface area contributed by atoms with Crippen molar-refractivity contribution in [3.63, 3.8) is 0 Å². The number of urea groups is 1. The molecule has 0 aromatic carbocycles. The molecule has 0 aliphatic rings. The summed E-state index contributed by atoms with van der Waals surface area (Å²) in [6.07, 6.45) is 0. The summed E-state index contributed by atoms with van der Waals surface area (Å²) in [5.41, 5.74) is 0. The van der Waals surface area contributed by atoms with Crippen molar-refractivity contribution in [2.75, 3.05) is 0 Å².